The highest BCUT2D eigenvalue weighted by molar-refractivity contribution is 6.60. The molecule has 2 saturated heterocycles. The summed E-state index contributed by atoms with van der Waals surface area (Å²) in [4.78, 5) is 38.4. The van der Waals surface area contributed by atoms with E-state index in [-0.39, 0.29) is 18.8 Å². The molecule has 5 rings (SSSR count). The molecule has 2 aliphatic carbocycles. The number of hydrogen-bond donors (Lipinski definition) is 2. The molecule has 1 aromatic rings. The summed E-state index contributed by atoms with van der Waals surface area (Å²) in [6.45, 7) is 1.78. The number of hydrogen-bond acceptors (Lipinski definition) is 8. The molecule has 2 aliphatic heterocycles. The summed E-state index contributed by atoms with van der Waals surface area (Å²) in [6.07, 6.45) is 16.9. The van der Waals surface area contributed by atoms with Gasteiger partial charge in [0.25, 0.3) is 0 Å². The molecule has 1 unspecified atom stereocenters. The molecule has 3 N–H and O–H groups in total. The summed E-state index contributed by atoms with van der Waals surface area (Å²) in [7, 11) is 0. The number of para-hydroxylation sites is 2. The fourth-order valence-corrected chi connectivity index (χ4v) is 8.62. The average Bonchev–Trinajstić information content (AvgIpc) is 2.93. The summed E-state index contributed by atoms with van der Waals surface area (Å²) in [5.41, 5.74) is 8.25. The number of unbranched alkanes of at least 4 members (excludes halogenated alkanes) is 1. The molecule has 8 heteroatoms. The number of nitrogens with zero attached hydrogens (tertiary/aromatic N) is 1. The van der Waals surface area contributed by atoms with E-state index in [0.29, 0.717) is 24.5 Å². The van der Waals surface area contributed by atoms with Crippen LogP contribution < -0.4 is 11.1 Å². The van der Waals surface area contributed by atoms with Gasteiger partial charge in [-0.1, -0.05) is 37.8 Å². The number of nitrogens with two attached hydrogens (primary N) is 1. The number of esters is 2. The van der Waals surface area contributed by atoms with Crippen LogP contribution in [0.25, 0.3) is 0 Å². The van der Waals surface area contributed by atoms with E-state index in [2.05, 4.69) is 21.0 Å². The van der Waals surface area contributed by atoms with Gasteiger partial charge in [-0.05, 0) is 95.1 Å². The molecule has 1 aromatic carbocycles. The number of carbonyl (C=O) groups is 3. The van der Waals surface area contributed by atoms with Gasteiger partial charge in [0.05, 0.1) is 24.6 Å². The van der Waals surface area contributed by atoms with Gasteiger partial charge in [-0.2, -0.15) is 0 Å². The molecule has 0 aromatic heterocycles. The monoisotopic (exact) mass is 553 g/mol. The first kappa shape index (κ1) is 28.9. The molecular weight excluding hydrogens is 506 g/mol. The minimum atomic E-state index is -1.23. The molecule has 2 saturated carbocycles. The van der Waals surface area contributed by atoms with Crippen molar-refractivity contribution in [3.63, 3.8) is 0 Å². The number of nitrogens with one attached hydrogen (secondary N) is 1. The molecular formula is C32H47N3O5. The summed E-state index contributed by atoms with van der Waals surface area (Å²) in [5, 5.41) is 3.81. The summed E-state index contributed by atoms with van der Waals surface area (Å²) in [6, 6.07) is 9.67. The highest BCUT2D eigenvalue weighted by atomic mass is 16.6. The van der Waals surface area contributed by atoms with Crippen molar-refractivity contribution in [1.82, 2.24) is 4.90 Å². The second-order valence-corrected chi connectivity index (χ2v) is 12.7. The van der Waals surface area contributed by atoms with Crippen LogP contribution in [0.4, 0.5) is 11.4 Å². The zero-order valence-corrected chi connectivity index (χ0v) is 24.1. The maximum Gasteiger partial charge on any atom is 0.386 e. The van der Waals surface area contributed by atoms with Crippen molar-refractivity contribution in [2.75, 3.05) is 24.3 Å². The van der Waals surface area contributed by atoms with Crippen molar-refractivity contribution in [2.45, 2.75) is 120 Å². The van der Waals surface area contributed by atoms with E-state index in [9.17, 15) is 14.4 Å². The minimum Gasteiger partial charge on any atom is -0.460 e. The zero-order valence-electron chi connectivity index (χ0n) is 24.1. The third-order valence-corrected chi connectivity index (χ3v) is 10.0. The number of Topliss-reactive ketones (excluding diaryl/α,β-unsaturated/α-hetero) is 1. The van der Waals surface area contributed by atoms with Gasteiger partial charge in [0.2, 0.25) is 0 Å². The van der Waals surface area contributed by atoms with Crippen LogP contribution >= 0.6 is 0 Å². The Kier molecular flexibility index (Phi) is 9.34. The van der Waals surface area contributed by atoms with Crippen molar-refractivity contribution in [3.05, 3.63) is 24.3 Å². The molecule has 0 spiro atoms. The minimum absolute atomic E-state index is 0.0482. The van der Waals surface area contributed by atoms with Gasteiger partial charge in [0.1, 0.15) is 0 Å². The Balaban J connectivity index is 1.26. The number of anilines is 2. The van der Waals surface area contributed by atoms with E-state index < -0.39 is 17.7 Å². The lowest BCUT2D eigenvalue weighted by atomic mass is 9.64. The standard InChI is InChI=1S/C32H47N3O5/c1-2-39-30(37)29(36)31(38)40-16-6-5-14-32-15-8-11-25(20-24(21-32)34-28-13-4-3-12-27(28)33)35(32)26-18-22-9-7-10-23(17-22)19-26/h3-4,12-13,22-26,34H,2,5-11,14-21,33H2,1H3/t22-,23+,24-,25+,26?,32-/m1/s1. The zero-order chi connectivity index (χ0) is 28.1. The number of ether oxygens (including phenoxy) is 2. The van der Waals surface area contributed by atoms with Crippen molar-refractivity contribution in [2.24, 2.45) is 11.8 Å². The van der Waals surface area contributed by atoms with E-state index in [4.69, 9.17) is 10.5 Å². The second kappa shape index (κ2) is 12.9. The predicted molar refractivity (Wildman–Crippen MR) is 155 cm³/mol. The van der Waals surface area contributed by atoms with Crippen LogP contribution in [0.5, 0.6) is 0 Å². The SMILES string of the molecule is CCOC(=O)C(=O)C(=O)OCCCC[C@@]12CCC[C@@H](C[C@@H](Nc3ccccc3N)C1)N2C1C[C@H]2CCC[C@@H](C1)C2. The van der Waals surface area contributed by atoms with Crippen molar-refractivity contribution in [3.8, 4) is 0 Å². The third-order valence-electron chi connectivity index (χ3n) is 10.0. The Bertz CT molecular complexity index is 1050. The van der Waals surface area contributed by atoms with Crippen molar-refractivity contribution in [1.29, 1.82) is 0 Å². The van der Waals surface area contributed by atoms with E-state index in [1.807, 2.05) is 18.2 Å². The number of rotatable bonds is 11. The van der Waals surface area contributed by atoms with Crippen LogP contribution in [0.15, 0.2) is 24.3 Å². The molecule has 4 fully saturated rings. The van der Waals surface area contributed by atoms with Gasteiger partial charge >= 0.3 is 17.7 Å². The first-order valence-electron chi connectivity index (χ1n) is 15.7. The number of ketones is 1. The molecule has 0 amide bonds. The van der Waals surface area contributed by atoms with Crippen molar-refractivity contribution < 1.29 is 23.9 Å². The second-order valence-electron chi connectivity index (χ2n) is 12.7. The highest BCUT2D eigenvalue weighted by Crippen LogP contribution is 2.51. The molecule has 220 valence electrons. The maximum absolute atomic E-state index is 12.0. The van der Waals surface area contributed by atoms with Crippen LogP contribution in [0.2, 0.25) is 0 Å². The van der Waals surface area contributed by atoms with Crippen LogP contribution in [-0.2, 0) is 23.9 Å². The smallest absolute Gasteiger partial charge is 0.386 e. The van der Waals surface area contributed by atoms with E-state index in [0.717, 1.165) is 48.9 Å². The van der Waals surface area contributed by atoms with Gasteiger partial charge in [0, 0.05) is 23.7 Å². The highest BCUT2D eigenvalue weighted by Gasteiger charge is 2.52. The molecule has 2 heterocycles. The molecule has 4 bridgehead atoms. The number of carbonyl (C=O) groups excluding carboxylic acids is 3. The molecule has 0 radical (unpaired) electrons. The Morgan fingerprint density at radius 2 is 1.70 bits per heavy atom. The fraction of sp³-hybridized carbons (Fsp3) is 0.719. The first-order chi connectivity index (χ1) is 19.4. The van der Waals surface area contributed by atoms with Crippen LogP contribution in [0, 0.1) is 11.8 Å². The molecule has 40 heavy (non-hydrogen) atoms. The molecule has 4 aliphatic rings. The van der Waals surface area contributed by atoms with Gasteiger partial charge in [-0.25, -0.2) is 9.59 Å². The largest absolute Gasteiger partial charge is 0.460 e. The van der Waals surface area contributed by atoms with Crippen LogP contribution in [-0.4, -0.2) is 59.5 Å². The fourth-order valence-electron chi connectivity index (χ4n) is 8.62. The summed E-state index contributed by atoms with van der Waals surface area (Å²) in [5.74, 6) is -1.73. The first-order valence-corrected chi connectivity index (χ1v) is 15.7. The normalized spacial score (nSPS) is 31.7. The number of piperidine rings is 2. The van der Waals surface area contributed by atoms with Gasteiger partial charge in [-0.15, -0.1) is 0 Å². The Labute approximate surface area is 238 Å². The predicted octanol–water partition coefficient (Wildman–Crippen LogP) is 5.25. The Morgan fingerprint density at radius 1 is 0.950 bits per heavy atom. The number of nitrogen functional groups attached to an aromatic ring is 1. The van der Waals surface area contributed by atoms with Gasteiger partial charge < -0.3 is 20.5 Å². The summed E-state index contributed by atoms with van der Waals surface area (Å²) < 4.78 is 9.76. The summed E-state index contributed by atoms with van der Waals surface area (Å²) >= 11 is 0. The molecule has 6 atom stereocenters. The lowest BCUT2D eigenvalue weighted by molar-refractivity contribution is -0.164. The van der Waals surface area contributed by atoms with Crippen molar-refractivity contribution >= 4 is 29.1 Å². The molecule has 8 nitrogen and oxygen atoms in total. The van der Waals surface area contributed by atoms with E-state index in [1.54, 1.807) is 6.92 Å². The topological polar surface area (TPSA) is 111 Å². The van der Waals surface area contributed by atoms with Gasteiger partial charge in [0.15, 0.2) is 0 Å². The lowest BCUT2D eigenvalue weighted by Gasteiger charge is -2.62. The Morgan fingerprint density at radius 3 is 2.45 bits per heavy atom. The Hall–Kier alpha value is -2.61. The average molecular weight is 554 g/mol. The van der Waals surface area contributed by atoms with E-state index >= 15 is 0 Å². The third kappa shape index (κ3) is 6.48. The van der Waals surface area contributed by atoms with E-state index in [1.165, 1.54) is 57.8 Å². The lowest BCUT2D eigenvalue weighted by Crippen LogP contribution is -2.67. The van der Waals surface area contributed by atoms with Crippen LogP contribution in [0.3, 0.4) is 0 Å². The number of benzene rings is 1. The number of fused-ring (bicyclic) bond motifs is 4. The quantitative estimate of drug-likeness (QED) is 0.126. The van der Waals surface area contributed by atoms with Crippen LogP contribution in [0.1, 0.15) is 96.8 Å². The maximum atomic E-state index is 12.0. The van der Waals surface area contributed by atoms with Gasteiger partial charge in [-0.3, -0.25) is 9.69 Å².